The first-order valence-electron chi connectivity index (χ1n) is 5.74. The maximum Gasteiger partial charge on any atom is 0.324 e. The lowest BCUT2D eigenvalue weighted by Gasteiger charge is -2.28. The monoisotopic (exact) mass is 231 g/mol. The lowest BCUT2D eigenvalue weighted by Crippen LogP contribution is -2.37. The summed E-state index contributed by atoms with van der Waals surface area (Å²) in [6, 6.07) is -0.574. The van der Waals surface area contributed by atoms with Crippen molar-refractivity contribution in [3.63, 3.8) is 0 Å². The number of rotatable bonds is 4. The van der Waals surface area contributed by atoms with Gasteiger partial charge in [0.1, 0.15) is 12.1 Å². The highest BCUT2D eigenvalue weighted by atomic mass is 32.1. The molecule has 0 bridgehead atoms. The fourth-order valence-electron chi connectivity index (χ4n) is 2.05. The van der Waals surface area contributed by atoms with Gasteiger partial charge in [0, 0.05) is 5.75 Å². The summed E-state index contributed by atoms with van der Waals surface area (Å²) < 4.78 is 5.36. The Hall–Kier alpha value is -0.220. The second-order valence-corrected chi connectivity index (χ2v) is 4.65. The summed E-state index contributed by atoms with van der Waals surface area (Å²) in [5, 5.41) is 0. The topological polar surface area (TPSA) is 52.3 Å². The second-order valence-electron chi connectivity index (χ2n) is 4.29. The molecule has 2 N–H and O–H groups in total. The van der Waals surface area contributed by atoms with Gasteiger partial charge >= 0.3 is 5.97 Å². The van der Waals surface area contributed by atoms with E-state index < -0.39 is 6.04 Å². The number of carbonyl (C=O) groups is 1. The molecule has 1 aliphatic rings. The molecular formula is C11H21NO2S. The first-order chi connectivity index (χ1) is 7.17. The van der Waals surface area contributed by atoms with Crippen molar-refractivity contribution in [2.75, 3.05) is 5.75 Å². The van der Waals surface area contributed by atoms with Crippen LogP contribution in [-0.2, 0) is 9.53 Å². The van der Waals surface area contributed by atoms with E-state index in [0.29, 0.717) is 11.7 Å². The molecule has 1 rings (SSSR count). The lowest BCUT2D eigenvalue weighted by molar-refractivity contribution is -0.152. The second kappa shape index (κ2) is 6.38. The molecule has 88 valence electrons. The normalized spacial score (nSPS) is 28.5. The molecular weight excluding hydrogens is 210 g/mol. The predicted octanol–water partition coefficient (Wildman–Crippen LogP) is 1.76. The molecule has 3 atom stereocenters. The van der Waals surface area contributed by atoms with E-state index in [-0.39, 0.29) is 12.1 Å². The zero-order valence-corrected chi connectivity index (χ0v) is 10.2. The van der Waals surface area contributed by atoms with Gasteiger partial charge in [-0.1, -0.05) is 19.8 Å². The van der Waals surface area contributed by atoms with Gasteiger partial charge < -0.3 is 10.5 Å². The summed E-state index contributed by atoms with van der Waals surface area (Å²) in [7, 11) is 0. The fraction of sp³-hybridized carbons (Fsp3) is 0.909. The third kappa shape index (κ3) is 4.03. The van der Waals surface area contributed by atoms with Gasteiger partial charge in [0.15, 0.2) is 0 Å². The van der Waals surface area contributed by atoms with Gasteiger partial charge in [-0.2, -0.15) is 12.6 Å². The summed E-state index contributed by atoms with van der Waals surface area (Å²) in [4.78, 5) is 11.4. The molecule has 15 heavy (non-hydrogen) atoms. The van der Waals surface area contributed by atoms with Crippen LogP contribution in [0.3, 0.4) is 0 Å². The fourth-order valence-corrected chi connectivity index (χ4v) is 2.19. The molecule has 0 aromatic carbocycles. The summed E-state index contributed by atoms with van der Waals surface area (Å²) in [6.07, 6.45) is 5.67. The average Bonchev–Trinajstić information content (AvgIpc) is 2.28. The molecule has 0 radical (unpaired) electrons. The zero-order valence-electron chi connectivity index (χ0n) is 9.32. The molecule has 0 aliphatic heterocycles. The summed E-state index contributed by atoms with van der Waals surface area (Å²) in [5.41, 5.74) is 5.55. The lowest BCUT2D eigenvalue weighted by atomic mass is 9.85. The summed E-state index contributed by atoms with van der Waals surface area (Å²) in [6.45, 7) is 2.19. The molecule has 2 unspecified atom stereocenters. The van der Waals surface area contributed by atoms with Crippen LogP contribution in [-0.4, -0.2) is 23.9 Å². The Labute approximate surface area is 97.2 Å². The Bertz CT molecular complexity index is 211. The van der Waals surface area contributed by atoms with Crippen molar-refractivity contribution in [3.8, 4) is 0 Å². The van der Waals surface area contributed by atoms with Crippen molar-refractivity contribution in [2.24, 2.45) is 11.7 Å². The molecule has 0 aromatic rings. The minimum Gasteiger partial charge on any atom is -0.461 e. The van der Waals surface area contributed by atoms with E-state index in [1.807, 2.05) is 0 Å². The van der Waals surface area contributed by atoms with E-state index in [9.17, 15) is 4.79 Å². The number of hydrogen-bond donors (Lipinski definition) is 2. The molecule has 0 spiro atoms. The molecule has 3 nitrogen and oxygen atoms in total. The SMILES string of the molecule is CCC1CCCC(OC(=O)[C@@H](N)CS)C1. The minimum atomic E-state index is -0.574. The molecule has 0 saturated heterocycles. The van der Waals surface area contributed by atoms with Gasteiger partial charge in [-0.05, 0) is 25.2 Å². The predicted molar refractivity (Wildman–Crippen MR) is 64.0 cm³/mol. The third-order valence-electron chi connectivity index (χ3n) is 3.09. The van der Waals surface area contributed by atoms with E-state index in [0.717, 1.165) is 19.3 Å². The quantitative estimate of drug-likeness (QED) is 0.572. The maximum absolute atomic E-state index is 11.4. The van der Waals surface area contributed by atoms with Crippen LogP contribution in [0.25, 0.3) is 0 Å². The van der Waals surface area contributed by atoms with E-state index in [1.165, 1.54) is 12.8 Å². The zero-order chi connectivity index (χ0) is 11.3. The highest BCUT2D eigenvalue weighted by molar-refractivity contribution is 7.80. The summed E-state index contributed by atoms with van der Waals surface area (Å²) >= 11 is 3.98. The smallest absolute Gasteiger partial charge is 0.324 e. The number of esters is 1. The van der Waals surface area contributed by atoms with Gasteiger partial charge in [0.05, 0.1) is 0 Å². The Balaban J connectivity index is 2.34. The van der Waals surface area contributed by atoms with E-state index >= 15 is 0 Å². The standard InChI is InChI=1S/C11H21NO2S/c1-2-8-4-3-5-9(6-8)14-11(13)10(12)7-15/h8-10,15H,2-7,12H2,1H3/t8?,9?,10-/m0/s1. The van der Waals surface area contributed by atoms with E-state index in [2.05, 4.69) is 19.6 Å². The highest BCUT2D eigenvalue weighted by Gasteiger charge is 2.25. The largest absolute Gasteiger partial charge is 0.461 e. The molecule has 0 amide bonds. The first-order valence-corrected chi connectivity index (χ1v) is 6.37. The van der Waals surface area contributed by atoms with Crippen molar-refractivity contribution in [3.05, 3.63) is 0 Å². The maximum atomic E-state index is 11.4. The number of carbonyl (C=O) groups excluding carboxylic acids is 1. The summed E-state index contributed by atoms with van der Waals surface area (Å²) in [5.74, 6) is 0.762. The third-order valence-corrected chi connectivity index (χ3v) is 3.49. The highest BCUT2D eigenvalue weighted by Crippen LogP contribution is 2.28. The van der Waals surface area contributed by atoms with Gasteiger partial charge in [0.25, 0.3) is 0 Å². The van der Waals surface area contributed by atoms with Crippen LogP contribution in [0.15, 0.2) is 0 Å². The van der Waals surface area contributed by atoms with Crippen molar-refractivity contribution in [1.82, 2.24) is 0 Å². The van der Waals surface area contributed by atoms with Crippen molar-refractivity contribution in [1.29, 1.82) is 0 Å². The molecule has 1 aliphatic carbocycles. The van der Waals surface area contributed by atoms with E-state index in [1.54, 1.807) is 0 Å². The first kappa shape index (κ1) is 12.8. The van der Waals surface area contributed by atoms with Crippen molar-refractivity contribution in [2.45, 2.75) is 51.2 Å². The number of hydrogen-bond acceptors (Lipinski definition) is 4. The Kier molecular flexibility index (Phi) is 5.47. The Morgan fingerprint density at radius 3 is 2.93 bits per heavy atom. The van der Waals surface area contributed by atoms with Crippen LogP contribution in [0.2, 0.25) is 0 Å². The van der Waals surface area contributed by atoms with Crippen LogP contribution >= 0.6 is 12.6 Å². The van der Waals surface area contributed by atoms with Crippen LogP contribution in [0.5, 0.6) is 0 Å². The molecule has 0 aromatic heterocycles. The van der Waals surface area contributed by atoms with Crippen LogP contribution < -0.4 is 5.73 Å². The Morgan fingerprint density at radius 1 is 1.60 bits per heavy atom. The van der Waals surface area contributed by atoms with Gasteiger partial charge in [-0.3, -0.25) is 4.79 Å². The molecule has 1 saturated carbocycles. The number of thiol groups is 1. The van der Waals surface area contributed by atoms with Crippen LogP contribution in [0, 0.1) is 5.92 Å². The van der Waals surface area contributed by atoms with Gasteiger partial charge in [-0.25, -0.2) is 0 Å². The van der Waals surface area contributed by atoms with Gasteiger partial charge in [-0.15, -0.1) is 0 Å². The van der Waals surface area contributed by atoms with Crippen LogP contribution in [0.4, 0.5) is 0 Å². The van der Waals surface area contributed by atoms with Crippen molar-refractivity contribution < 1.29 is 9.53 Å². The molecule has 0 heterocycles. The van der Waals surface area contributed by atoms with Gasteiger partial charge in [0.2, 0.25) is 0 Å². The van der Waals surface area contributed by atoms with E-state index in [4.69, 9.17) is 10.5 Å². The Morgan fingerprint density at radius 2 is 2.33 bits per heavy atom. The average molecular weight is 231 g/mol. The molecule has 1 fully saturated rings. The van der Waals surface area contributed by atoms with Crippen LogP contribution in [0.1, 0.15) is 39.0 Å². The van der Waals surface area contributed by atoms with Crippen molar-refractivity contribution >= 4 is 18.6 Å². The minimum absolute atomic E-state index is 0.0853. The number of ether oxygens (including phenoxy) is 1. The molecule has 4 heteroatoms. The number of nitrogens with two attached hydrogens (primary N) is 1.